The Bertz CT molecular complexity index is 1060. The van der Waals surface area contributed by atoms with Crippen LogP contribution in [0.15, 0.2) is 41.4 Å². The molecule has 0 N–H and O–H groups in total. The van der Waals surface area contributed by atoms with E-state index in [1.54, 1.807) is 0 Å². The molecule has 139 valence electrons. The van der Waals surface area contributed by atoms with Gasteiger partial charge in [-0.2, -0.15) is 4.99 Å². The molecule has 0 fully saturated rings. The van der Waals surface area contributed by atoms with Gasteiger partial charge in [-0.15, -0.1) is 29.3 Å². The van der Waals surface area contributed by atoms with Crippen LogP contribution in [-0.2, 0) is 0 Å². The van der Waals surface area contributed by atoms with E-state index in [9.17, 15) is 8.78 Å². The fourth-order valence-electron chi connectivity index (χ4n) is 3.56. The topological polar surface area (TPSA) is 12.4 Å². The molecule has 0 saturated heterocycles. The molecular weight excluding hydrogens is 499 g/mol. The minimum Gasteiger partial charge on any atom is -0.205 e. The third kappa shape index (κ3) is 4.56. The number of rotatable bonds is 3. The van der Waals surface area contributed by atoms with Crippen molar-refractivity contribution in [1.29, 1.82) is 0 Å². The summed E-state index contributed by atoms with van der Waals surface area (Å²) in [6, 6.07) is 13.9. The summed E-state index contributed by atoms with van der Waals surface area (Å²) in [4.78, 5) is 3.45. The summed E-state index contributed by atoms with van der Waals surface area (Å²) in [7, 11) is 0. The van der Waals surface area contributed by atoms with Gasteiger partial charge in [-0.1, -0.05) is 64.6 Å². The van der Waals surface area contributed by atoms with Gasteiger partial charge in [0.1, 0.15) is 17.3 Å². The van der Waals surface area contributed by atoms with Gasteiger partial charge in [0.2, 0.25) is 0 Å². The molecule has 0 spiro atoms. The SMILES string of the molecule is Cc1cc(C)c(-c2c[c-]c(-c3cc(F)c(N=C=S)c(F)c3)c(C)c2)c(C)c1.[La]. The quantitative estimate of drug-likeness (QED) is 0.206. The zero-order valence-corrected chi connectivity index (χ0v) is 20.6. The molecule has 0 saturated carbocycles. The molecule has 0 aromatic heterocycles. The average Bonchev–Trinajstić information content (AvgIpc) is 2.57. The number of isothiocyanates is 1. The van der Waals surface area contributed by atoms with Gasteiger partial charge in [-0.05, 0) is 33.0 Å². The van der Waals surface area contributed by atoms with Gasteiger partial charge in [-0.25, -0.2) is 8.78 Å². The zero-order valence-electron chi connectivity index (χ0n) is 16.2. The van der Waals surface area contributed by atoms with Crippen LogP contribution in [-0.4, -0.2) is 5.16 Å². The van der Waals surface area contributed by atoms with E-state index in [4.69, 9.17) is 0 Å². The van der Waals surface area contributed by atoms with Gasteiger partial charge in [0.25, 0.3) is 0 Å². The van der Waals surface area contributed by atoms with Gasteiger partial charge in [0.05, 0.1) is 5.16 Å². The number of hydrogen-bond donors (Lipinski definition) is 0. The van der Waals surface area contributed by atoms with Crippen LogP contribution in [0.3, 0.4) is 0 Å². The predicted octanol–water partition coefficient (Wildman–Crippen LogP) is 7.07. The minimum atomic E-state index is -0.774. The predicted molar refractivity (Wildman–Crippen MR) is 110 cm³/mol. The molecule has 28 heavy (non-hydrogen) atoms. The summed E-state index contributed by atoms with van der Waals surface area (Å²) in [6.07, 6.45) is 0. The Balaban J connectivity index is 0.00000280. The second kappa shape index (κ2) is 9.34. The smallest absolute Gasteiger partial charge is 0.144 e. The van der Waals surface area contributed by atoms with Crippen molar-refractivity contribution in [2.45, 2.75) is 27.7 Å². The maximum Gasteiger partial charge on any atom is 0.144 e. The molecule has 3 rings (SSSR count). The molecule has 0 amide bonds. The molecule has 5 heteroatoms. The third-order valence-electron chi connectivity index (χ3n) is 4.57. The summed E-state index contributed by atoms with van der Waals surface area (Å²) in [6.45, 7) is 8.15. The van der Waals surface area contributed by atoms with E-state index < -0.39 is 17.3 Å². The molecule has 0 aliphatic heterocycles. The van der Waals surface area contributed by atoms with Gasteiger partial charge in [0.15, 0.2) is 0 Å². The Labute approximate surface area is 197 Å². The van der Waals surface area contributed by atoms with Crippen molar-refractivity contribution in [3.8, 4) is 22.3 Å². The summed E-state index contributed by atoms with van der Waals surface area (Å²) in [5.41, 5.74) is 7.32. The number of aryl methyl sites for hydroxylation is 4. The zero-order chi connectivity index (χ0) is 19.7. The molecular formula is C23H18F2LaNS-. The fourth-order valence-corrected chi connectivity index (χ4v) is 3.66. The largest absolute Gasteiger partial charge is 0.205 e. The summed E-state index contributed by atoms with van der Waals surface area (Å²) >= 11 is 4.43. The molecule has 3 aromatic carbocycles. The Hall–Kier alpha value is -1.49. The molecule has 0 aliphatic carbocycles. The summed E-state index contributed by atoms with van der Waals surface area (Å²) < 4.78 is 28.3. The van der Waals surface area contributed by atoms with E-state index >= 15 is 0 Å². The van der Waals surface area contributed by atoms with Crippen LogP contribution in [0.5, 0.6) is 0 Å². The van der Waals surface area contributed by atoms with Crippen molar-refractivity contribution in [1.82, 2.24) is 0 Å². The molecule has 3 aromatic rings. The molecule has 0 heterocycles. The van der Waals surface area contributed by atoms with Gasteiger partial charge < -0.3 is 0 Å². The number of thiocarbonyl (C=S) groups is 1. The second-order valence-corrected chi connectivity index (χ2v) is 6.89. The van der Waals surface area contributed by atoms with Crippen molar-refractivity contribution in [2.24, 2.45) is 4.99 Å². The Morgan fingerprint density at radius 3 is 1.93 bits per heavy atom. The maximum absolute atomic E-state index is 14.2. The first-order chi connectivity index (χ1) is 12.8. The number of hydrogen-bond acceptors (Lipinski definition) is 2. The van der Waals surface area contributed by atoms with Crippen LogP contribution in [0, 0.1) is 81.0 Å². The van der Waals surface area contributed by atoms with Crippen molar-refractivity contribution in [2.75, 3.05) is 0 Å². The van der Waals surface area contributed by atoms with Crippen molar-refractivity contribution in [3.63, 3.8) is 0 Å². The van der Waals surface area contributed by atoms with Crippen LogP contribution < -0.4 is 0 Å². The van der Waals surface area contributed by atoms with Crippen LogP contribution >= 0.6 is 12.2 Å². The van der Waals surface area contributed by atoms with E-state index in [1.807, 2.05) is 24.2 Å². The van der Waals surface area contributed by atoms with Crippen LogP contribution in [0.4, 0.5) is 14.5 Å². The van der Waals surface area contributed by atoms with E-state index in [1.165, 1.54) is 28.8 Å². The third-order valence-corrected chi connectivity index (χ3v) is 4.66. The molecule has 1 radical (unpaired) electrons. The normalized spacial score (nSPS) is 10.2. The Kier molecular flexibility index (Phi) is 7.61. The number of benzene rings is 3. The van der Waals surface area contributed by atoms with Crippen molar-refractivity contribution < 1.29 is 44.4 Å². The van der Waals surface area contributed by atoms with Crippen molar-refractivity contribution >= 4 is 23.1 Å². The molecule has 0 aliphatic rings. The van der Waals surface area contributed by atoms with E-state index in [2.05, 4.69) is 56.2 Å². The number of nitrogens with zero attached hydrogens (tertiary/aromatic N) is 1. The molecule has 0 bridgehead atoms. The van der Waals surface area contributed by atoms with E-state index in [-0.39, 0.29) is 35.6 Å². The minimum absolute atomic E-state index is 0. The average molecular weight is 517 g/mol. The Morgan fingerprint density at radius 2 is 1.43 bits per heavy atom. The van der Waals surface area contributed by atoms with Crippen LogP contribution in [0.2, 0.25) is 0 Å². The maximum atomic E-state index is 14.2. The Morgan fingerprint density at radius 1 is 0.857 bits per heavy atom. The number of halogens is 2. The van der Waals surface area contributed by atoms with Gasteiger partial charge in [0, 0.05) is 35.6 Å². The summed E-state index contributed by atoms with van der Waals surface area (Å²) in [5.74, 6) is -1.55. The molecule has 1 nitrogen and oxygen atoms in total. The van der Waals surface area contributed by atoms with E-state index in [0.29, 0.717) is 11.1 Å². The van der Waals surface area contributed by atoms with Crippen LogP contribution in [0.25, 0.3) is 22.3 Å². The monoisotopic (exact) mass is 517 g/mol. The first-order valence-electron chi connectivity index (χ1n) is 8.49. The van der Waals surface area contributed by atoms with Crippen LogP contribution in [0.1, 0.15) is 22.3 Å². The van der Waals surface area contributed by atoms with Gasteiger partial charge in [-0.3, -0.25) is 0 Å². The standard InChI is InChI=1S/C23H18F2NS.La/c1-13-7-15(3)22(16(4)8-13)17-5-6-19(14(2)9-17)18-10-20(24)23(26-12-27)21(25)11-18;/h5,7-11H,1-4H3;/q-1;. The first-order valence-corrected chi connectivity index (χ1v) is 8.90. The van der Waals surface area contributed by atoms with Crippen molar-refractivity contribution in [3.05, 3.63) is 76.4 Å². The summed E-state index contributed by atoms with van der Waals surface area (Å²) in [5, 5.41) is 2.00. The van der Waals surface area contributed by atoms with E-state index in [0.717, 1.165) is 16.7 Å². The molecule has 0 atom stereocenters. The fraction of sp³-hybridized carbons (Fsp3) is 0.174. The first kappa shape index (κ1) is 22.8. The molecule has 0 unspecified atom stereocenters. The van der Waals surface area contributed by atoms with Gasteiger partial charge >= 0.3 is 0 Å². The number of aliphatic imine (C=N–C) groups is 1. The second-order valence-electron chi connectivity index (χ2n) is 6.71.